The zero-order valence-electron chi connectivity index (χ0n) is 16.8. The summed E-state index contributed by atoms with van der Waals surface area (Å²) in [4.78, 5) is 11.6. The Morgan fingerprint density at radius 1 is 1.31 bits per heavy atom. The van der Waals surface area contributed by atoms with Gasteiger partial charge < -0.3 is 20.3 Å². The van der Waals surface area contributed by atoms with Crippen LogP contribution in [0, 0.1) is 0 Å². The quantitative estimate of drug-likeness (QED) is 0.551. The van der Waals surface area contributed by atoms with Crippen molar-refractivity contribution in [3.05, 3.63) is 23.9 Å². The van der Waals surface area contributed by atoms with Crippen LogP contribution < -0.4 is 15.4 Å². The lowest BCUT2D eigenvalue weighted by atomic mass is 10.0. The fourth-order valence-electron chi connectivity index (χ4n) is 3.04. The summed E-state index contributed by atoms with van der Waals surface area (Å²) in [6.45, 7) is 13.2. The molecular weight excluding hydrogens is 326 g/mol. The van der Waals surface area contributed by atoms with Crippen LogP contribution in [0.2, 0.25) is 0 Å². The molecule has 0 aliphatic carbocycles. The molecule has 0 atom stereocenters. The van der Waals surface area contributed by atoms with E-state index in [-0.39, 0.29) is 0 Å². The SMILES string of the molecule is CCCOc1ccc(CN=C(NCC)NC2CCN(C(C)C)CC2)cn1. The number of ether oxygens (including phenoxy) is 1. The standard InChI is InChI=1S/C20H35N5O/c1-5-13-26-19-8-7-17(14-22-19)15-23-20(21-6-2)24-18-9-11-25(12-10-18)16(3)4/h7-8,14,16,18H,5-6,9-13,15H2,1-4H3,(H2,21,23,24). The van der Waals surface area contributed by atoms with Crippen LogP contribution in [-0.2, 0) is 6.54 Å². The number of hydrogen-bond acceptors (Lipinski definition) is 4. The van der Waals surface area contributed by atoms with Crippen LogP contribution >= 0.6 is 0 Å². The van der Waals surface area contributed by atoms with Crippen LogP contribution in [0.25, 0.3) is 0 Å². The van der Waals surface area contributed by atoms with E-state index in [4.69, 9.17) is 9.73 Å². The Hall–Kier alpha value is -1.82. The molecule has 2 N–H and O–H groups in total. The van der Waals surface area contributed by atoms with Crippen molar-refractivity contribution in [1.82, 2.24) is 20.5 Å². The minimum Gasteiger partial charge on any atom is -0.478 e. The average Bonchev–Trinajstić information content (AvgIpc) is 2.66. The molecular formula is C20H35N5O. The van der Waals surface area contributed by atoms with E-state index >= 15 is 0 Å². The van der Waals surface area contributed by atoms with Gasteiger partial charge in [0.15, 0.2) is 5.96 Å². The maximum atomic E-state index is 5.52. The van der Waals surface area contributed by atoms with Gasteiger partial charge in [0.25, 0.3) is 0 Å². The van der Waals surface area contributed by atoms with E-state index in [1.807, 2.05) is 18.3 Å². The van der Waals surface area contributed by atoms with Gasteiger partial charge >= 0.3 is 0 Å². The van der Waals surface area contributed by atoms with Gasteiger partial charge in [0.1, 0.15) is 0 Å². The molecule has 1 aromatic rings. The van der Waals surface area contributed by atoms with Gasteiger partial charge in [0, 0.05) is 44.0 Å². The van der Waals surface area contributed by atoms with E-state index in [2.05, 4.69) is 48.2 Å². The van der Waals surface area contributed by atoms with Gasteiger partial charge in [-0.3, -0.25) is 0 Å². The van der Waals surface area contributed by atoms with Gasteiger partial charge in [0.2, 0.25) is 5.88 Å². The average molecular weight is 362 g/mol. The maximum absolute atomic E-state index is 5.52. The minimum absolute atomic E-state index is 0.491. The minimum atomic E-state index is 0.491. The van der Waals surface area contributed by atoms with Crippen molar-refractivity contribution in [2.45, 2.75) is 65.6 Å². The lowest BCUT2D eigenvalue weighted by Crippen LogP contribution is -2.49. The number of hydrogen-bond donors (Lipinski definition) is 2. The Morgan fingerprint density at radius 2 is 2.08 bits per heavy atom. The molecule has 1 saturated heterocycles. The molecule has 0 spiro atoms. The molecule has 0 bridgehead atoms. The topological polar surface area (TPSA) is 61.8 Å². The molecule has 0 saturated carbocycles. The molecule has 2 heterocycles. The highest BCUT2D eigenvalue weighted by molar-refractivity contribution is 5.80. The molecule has 146 valence electrons. The van der Waals surface area contributed by atoms with E-state index in [1.54, 1.807) is 0 Å². The smallest absolute Gasteiger partial charge is 0.213 e. The number of pyridine rings is 1. The molecule has 1 aromatic heterocycles. The number of rotatable bonds is 8. The van der Waals surface area contributed by atoms with Crippen molar-refractivity contribution in [2.75, 3.05) is 26.2 Å². The summed E-state index contributed by atoms with van der Waals surface area (Å²) in [6, 6.07) is 5.08. The zero-order valence-corrected chi connectivity index (χ0v) is 16.8. The predicted molar refractivity (Wildman–Crippen MR) is 108 cm³/mol. The Balaban J connectivity index is 1.86. The Labute approximate surface area is 158 Å². The molecule has 0 unspecified atom stereocenters. The van der Waals surface area contributed by atoms with Crippen LogP contribution in [-0.4, -0.2) is 54.2 Å². The van der Waals surface area contributed by atoms with Crippen LogP contribution in [0.5, 0.6) is 5.88 Å². The molecule has 1 fully saturated rings. The third kappa shape index (κ3) is 6.83. The summed E-state index contributed by atoms with van der Waals surface area (Å²) in [7, 11) is 0. The summed E-state index contributed by atoms with van der Waals surface area (Å²) in [5.74, 6) is 1.57. The Morgan fingerprint density at radius 3 is 2.65 bits per heavy atom. The van der Waals surface area contributed by atoms with E-state index < -0.39 is 0 Å². The van der Waals surface area contributed by atoms with Crippen LogP contribution in [0.15, 0.2) is 23.3 Å². The number of aliphatic imine (C=N–C) groups is 1. The molecule has 1 aliphatic rings. The van der Waals surface area contributed by atoms with Crippen molar-refractivity contribution in [2.24, 2.45) is 4.99 Å². The van der Waals surface area contributed by atoms with Gasteiger partial charge in [-0.25, -0.2) is 9.98 Å². The molecule has 0 amide bonds. The molecule has 26 heavy (non-hydrogen) atoms. The van der Waals surface area contributed by atoms with Crippen LogP contribution in [0.4, 0.5) is 0 Å². The third-order valence-corrected chi connectivity index (χ3v) is 4.62. The first kappa shape index (κ1) is 20.5. The van der Waals surface area contributed by atoms with Crippen molar-refractivity contribution >= 4 is 5.96 Å². The van der Waals surface area contributed by atoms with Gasteiger partial charge in [-0.2, -0.15) is 0 Å². The largest absolute Gasteiger partial charge is 0.478 e. The number of likely N-dealkylation sites (tertiary alicyclic amines) is 1. The van der Waals surface area contributed by atoms with E-state index in [1.165, 1.54) is 0 Å². The third-order valence-electron chi connectivity index (χ3n) is 4.62. The van der Waals surface area contributed by atoms with Gasteiger partial charge in [-0.15, -0.1) is 0 Å². The second kappa shape index (κ2) is 11.0. The first-order valence-corrected chi connectivity index (χ1v) is 9.99. The molecule has 1 aliphatic heterocycles. The van der Waals surface area contributed by atoms with Crippen LogP contribution in [0.3, 0.4) is 0 Å². The van der Waals surface area contributed by atoms with Crippen molar-refractivity contribution in [1.29, 1.82) is 0 Å². The number of aromatic nitrogens is 1. The molecule has 0 radical (unpaired) electrons. The van der Waals surface area contributed by atoms with E-state index in [0.717, 1.165) is 50.4 Å². The highest BCUT2D eigenvalue weighted by Crippen LogP contribution is 2.13. The van der Waals surface area contributed by atoms with Gasteiger partial charge in [-0.05, 0) is 45.6 Å². The second-order valence-corrected chi connectivity index (χ2v) is 7.10. The van der Waals surface area contributed by atoms with Gasteiger partial charge in [-0.1, -0.05) is 13.0 Å². The fraction of sp³-hybridized carbons (Fsp3) is 0.700. The lowest BCUT2D eigenvalue weighted by molar-refractivity contribution is 0.167. The van der Waals surface area contributed by atoms with E-state index in [0.29, 0.717) is 31.1 Å². The van der Waals surface area contributed by atoms with Crippen molar-refractivity contribution < 1.29 is 4.74 Å². The molecule has 6 heteroatoms. The number of guanidine groups is 1. The molecule has 6 nitrogen and oxygen atoms in total. The van der Waals surface area contributed by atoms with Crippen molar-refractivity contribution in [3.8, 4) is 5.88 Å². The second-order valence-electron chi connectivity index (χ2n) is 7.10. The van der Waals surface area contributed by atoms with Crippen LogP contribution in [0.1, 0.15) is 52.5 Å². The highest BCUT2D eigenvalue weighted by atomic mass is 16.5. The Kier molecular flexibility index (Phi) is 8.68. The summed E-state index contributed by atoms with van der Waals surface area (Å²) in [5.41, 5.74) is 1.08. The van der Waals surface area contributed by atoms with Gasteiger partial charge in [0.05, 0.1) is 13.2 Å². The first-order chi connectivity index (χ1) is 12.6. The summed E-state index contributed by atoms with van der Waals surface area (Å²) >= 11 is 0. The Bertz CT molecular complexity index is 536. The van der Waals surface area contributed by atoms with Crippen molar-refractivity contribution in [3.63, 3.8) is 0 Å². The number of piperidine rings is 1. The highest BCUT2D eigenvalue weighted by Gasteiger charge is 2.21. The fourth-order valence-corrected chi connectivity index (χ4v) is 3.04. The summed E-state index contributed by atoms with van der Waals surface area (Å²) < 4.78 is 5.52. The molecule has 0 aromatic carbocycles. The predicted octanol–water partition coefficient (Wildman–Crippen LogP) is 2.80. The monoisotopic (exact) mass is 361 g/mol. The summed E-state index contributed by atoms with van der Waals surface area (Å²) in [5, 5.41) is 6.95. The number of nitrogens with one attached hydrogen (secondary N) is 2. The van der Waals surface area contributed by atoms with E-state index in [9.17, 15) is 0 Å². The first-order valence-electron chi connectivity index (χ1n) is 9.99. The lowest BCUT2D eigenvalue weighted by Gasteiger charge is -2.35. The number of nitrogens with zero attached hydrogens (tertiary/aromatic N) is 3. The normalized spacial score (nSPS) is 16.7. The maximum Gasteiger partial charge on any atom is 0.213 e. The summed E-state index contributed by atoms with van der Waals surface area (Å²) in [6.07, 6.45) is 5.15. The molecule has 2 rings (SSSR count). The zero-order chi connectivity index (χ0) is 18.8.